The molecule has 1 saturated heterocycles. The highest BCUT2D eigenvalue weighted by atomic mass is 16.5. The average Bonchev–Trinajstić information content (AvgIpc) is 2.50. The van der Waals surface area contributed by atoms with Gasteiger partial charge in [-0.25, -0.2) is 0 Å². The van der Waals surface area contributed by atoms with Crippen molar-refractivity contribution >= 4 is 6.29 Å². The Morgan fingerprint density at radius 3 is 3.36 bits per heavy atom. The first kappa shape index (κ1) is 6.80. The quantitative estimate of drug-likeness (QED) is 0.520. The Labute approximate surface area is 65.5 Å². The van der Waals surface area contributed by atoms with E-state index in [2.05, 4.69) is 6.08 Å². The number of hydrogen-bond acceptors (Lipinski definition) is 2. The van der Waals surface area contributed by atoms with Crippen LogP contribution in [-0.2, 0) is 9.53 Å². The Morgan fingerprint density at radius 1 is 1.64 bits per heavy atom. The van der Waals surface area contributed by atoms with Gasteiger partial charge in [-0.3, -0.25) is 0 Å². The number of allylic oxidation sites excluding steroid dienone is 3. The summed E-state index contributed by atoms with van der Waals surface area (Å²) in [7, 11) is 0. The molecule has 2 unspecified atom stereocenters. The molecule has 0 aromatic heterocycles. The highest BCUT2D eigenvalue weighted by Crippen LogP contribution is 2.30. The molecule has 1 fully saturated rings. The summed E-state index contributed by atoms with van der Waals surface area (Å²) in [5, 5.41) is 0. The molecule has 0 amide bonds. The highest BCUT2D eigenvalue weighted by Gasteiger charge is 2.28. The lowest BCUT2D eigenvalue weighted by atomic mass is 9.88. The topological polar surface area (TPSA) is 26.3 Å². The largest absolute Gasteiger partial charge is 0.376 e. The van der Waals surface area contributed by atoms with Crippen LogP contribution in [0, 0.1) is 11.8 Å². The third-order valence-electron chi connectivity index (χ3n) is 2.27. The van der Waals surface area contributed by atoms with Crippen LogP contribution in [0.15, 0.2) is 23.8 Å². The molecule has 0 aromatic carbocycles. The predicted molar refractivity (Wildman–Crippen MR) is 41.1 cm³/mol. The summed E-state index contributed by atoms with van der Waals surface area (Å²) in [6, 6.07) is 0. The molecule has 0 bridgehead atoms. The fourth-order valence-corrected chi connectivity index (χ4v) is 1.64. The van der Waals surface area contributed by atoms with E-state index in [1.165, 1.54) is 5.57 Å². The van der Waals surface area contributed by atoms with Crippen LogP contribution in [0.3, 0.4) is 0 Å². The van der Waals surface area contributed by atoms with Crippen LogP contribution in [0.2, 0.25) is 0 Å². The van der Waals surface area contributed by atoms with E-state index < -0.39 is 0 Å². The zero-order valence-electron chi connectivity index (χ0n) is 6.19. The second kappa shape index (κ2) is 2.62. The van der Waals surface area contributed by atoms with Crippen molar-refractivity contribution in [2.75, 3.05) is 13.2 Å². The minimum absolute atomic E-state index is 0.0498. The number of rotatable bonds is 1. The van der Waals surface area contributed by atoms with E-state index in [-0.39, 0.29) is 5.92 Å². The molecular weight excluding hydrogens is 140 g/mol. The molecule has 2 rings (SSSR count). The average molecular weight is 150 g/mol. The van der Waals surface area contributed by atoms with Crippen molar-refractivity contribution in [2.24, 2.45) is 11.8 Å². The summed E-state index contributed by atoms with van der Waals surface area (Å²) in [4.78, 5) is 10.6. The summed E-state index contributed by atoms with van der Waals surface area (Å²) in [5.74, 6) is 0.384. The number of ether oxygens (including phenoxy) is 1. The zero-order chi connectivity index (χ0) is 7.68. The Bertz CT molecular complexity index is 228. The van der Waals surface area contributed by atoms with E-state index in [1.807, 2.05) is 12.2 Å². The van der Waals surface area contributed by atoms with Crippen molar-refractivity contribution in [3.8, 4) is 0 Å². The van der Waals surface area contributed by atoms with Gasteiger partial charge in [0.2, 0.25) is 0 Å². The van der Waals surface area contributed by atoms with Gasteiger partial charge in [0.15, 0.2) is 0 Å². The van der Waals surface area contributed by atoms with Gasteiger partial charge in [-0.05, 0) is 5.57 Å². The molecule has 58 valence electrons. The van der Waals surface area contributed by atoms with E-state index in [0.29, 0.717) is 19.1 Å². The number of carbonyl (C=O) groups excluding carboxylic acids is 1. The Balaban J connectivity index is 2.20. The van der Waals surface area contributed by atoms with E-state index in [1.54, 1.807) is 0 Å². The van der Waals surface area contributed by atoms with Crippen LogP contribution in [0.4, 0.5) is 0 Å². The number of aldehydes is 1. The van der Waals surface area contributed by atoms with Crippen LogP contribution >= 0.6 is 0 Å². The molecule has 1 heterocycles. The monoisotopic (exact) mass is 150 g/mol. The minimum Gasteiger partial charge on any atom is -0.376 e. The van der Waals surface area contributed by atoms with Gasteiger partial charge in [-0.1, -0.05) is 18.2 Å². The van der Waals surface area contributed by atoms with Gasteiger partial charge in [-0.15, -0.1) is 0 Å². The first-order valence-electron chi connectivity index (χ1n) is 3.82. The first-order chi connectivity index (χ1) is 5.42. The fraction of sp³-hybridized carbons (Fsp3) is 0.444. The summed E-state index contributed by atoms with van der Waals surface area (Å²) in [6.07, 6.45) is 7.12. The maximum Gasteiger partial charge on any atom is 0.126 e. The second-order valence-corrected chi connectivity index (χ2v) is 2.97. The molecule has 11 heavy (non-hydrogen) atoms. The van der Waals surface area contributed by atoms with Crippen molar-refractivity contribution in [3.63, 3.8) is 0 Å². The standard InChI is InChI=1S/C9H10O2/c10-4-8-6-11-5-7-2-1-3-9(7)8/h1-4,8-9H,5-6H2. The molecule has 2 heteroatoms. The molecule has 1 aliphatic heterocycles. The van der Waals surface area contributed by atoms with Gasteiger partial charge in [0, 0.05) is 11.8 Å². The molecule has 2 nitrogen and oxygen atoms in total. The van der Waals surface area contributed by atoms with Crippen LogP contribution in [0.1, 0.15) is 0 Å². The summed E-state index contributed by atoms with van der Waals surface area (Å²) >= 11 is 0. The van der Waals surface area contributed by atoms with Gasteiger partial charge in [0.05, 0.1) is 13.2 Å². The molecule has 2 aliphatic rings. The number of carbonyl (C=O) groups is 1. The van der Waals surface area contributed by atoms with Gasteiger partial charge >= 0.3 is 0 Å². The van der Waals surface area contributed by atoms with Crippen molar-refractivity contribution in [1.82, 2.24) is 0 Å². The number of fused-ring (bicyclic) bond motifs is 1. The smallest absolute Gasteiger partial charge is 0.126 e. The molecule has 2 atom stereocenters. The third-order valence-corrected chi connectivity index (χ3v) is 2.27. The minimum atomic E-state index is 0.0498. The maximum absolute atomic E-state index is 10.6. The molecule has 0 N–H and O–H groups in total. The molecule has 0 aromatic rings. The van der Waals surface area contributed by atoms with Gasteiger partial charge in [-0.2, -0.15) is 0 Å². The molecule has 0 radical (unpaired) electrons. The lowest BCUT2D eigenvalue weighted by Crippen LogP contribution is -2.28. The van der Waals surface area contributed by atoms with E-state index in [4.69, 9.17) is 4.74 Å². The predicted octanol–water partition coefficient (Wildman–Crippen LogP) is 0.944. The number of hydrogen-bond donors (Lipinski definition) is 0. The molecule has 0 spiro atoms. The van der Waals surface area contributed by atoms with E-state index in [0.717, 1.165) is 6.29 Å². The maximum atomic E-state index is 10.6. The Morgan fingerprint density at radius 2 is 2.55 bits per heavy atom. The van der Waals surface area contributed by atoms with Crippen molar-refractivity contribution in [1.29, 1.82) is 0 Å². The van der Waals surface area contributed by atoms with Crippen LogP contribution in [0.5, 0.6) is 0 Å². The SMILES string of the molecule is O=CC1COCC2=CC=CC21. The molecular formula is C9H10O2. The lowest BCUT2D eigenvalue weighted by molar-refractivity contribution is -0.114. The Kier molecular flexibility index (Phi) is 1.62. The van der Waals surface area contributed by atoms with E-state index >= 15 is 0 Å². The molecule has 0 saturated carbocycles. The van der Waals surface area contributed by atoms with E-state index in [9.17, 15) is 4.79 Å². The van der Waals surface area contributed by atoms with Crippen molar-refractivity contribution < 1.29 is 9.53 Å². The van der Waals surface area contributed by atoms with Crippen molar-refractivity contribution in [2.45, 2.75) is 0 Å². The summed E-state index contributed by atoms with van der Waals surface area (Å²) in [6.45, 7) is 1.28. The summed E-state index contributed by atoms with van der Waals surface area (Å²) < 4.78 is 5.25. The van der Waals surface area contributed by atoms with Crippen LogP contribution in [-0.4, -0.2) is 19.5 Å². The zero-order valence-corrected chi connectivity index (χ0v) is 6.19. The van der Waals surface area contributed by atoms with Gasteiger partial charge in [0.25, 0.3) is 0 Å². The highest BCUT2D eigenvalue weighted by molar-refractivity contribution is 5.57. The Hall–Kier alpha value is -0.890. The lowest BCUT2D eigenvalue weighted by Gasteiger charge is -2.25. The normalized spacial score (nSPS) is 34.7. The van der Waals surface area contributed by atoms with Gasteiger partial charge < -0.3 is 9.53 Å². The summed E-state index contributed by atoms with van der Waals surface area (Å²) in [5.41, 5.74) is 1.24. The van der Waals surface area contributed by atoms with Gasteiger partial charge in [0.1, 0.15) is 6.29 Å². The fourth-order valence-electron chi connectivity index (χ4n) is 1.64. The third kappa shape index (κ3) is 1.03. The first-order valence-corrected chi connectivity index (χ1v) is 3.82. The van der Waals surface area contributed by atoms with Crippen LogP contribution < -0.4 is 0 Å². The second-order valence-electron chi connectivity index (χ2n) is 2.97. The molecule has 1 aliphatic carbocycles. The van der Waals surface area contributed by atoms with Crippen molar-refractivity contribution in [3.05, 3.63) is 23.8 Å². The van der Waals surface area contributed by atoms with Crippen LogP contribution in [0.25, 0.3) is 0 Å².